The zero-order valence-electron chi connectivity index (χ0n) is 16.4. The summed E-state index contributed by atoms with van der Waals surface area (Å²) in [5.74, 6) is -1.73. The van der Waals surface area contributed by atoms with Crippen molar-refractivity contribution in [3.8, 4) is 0 Å². The average molecular weight is 416 g/mol. The smallest absolute Gasteiger partial charge is 0.333 e. The fraction of sp³-hybridized carbons (Fsp3) is 0.667. The molecule has 10 heteroatoms. The molecule has 1 aliphatic rings. The summed E-state index contributed by atoms with van der Waals surface area (Å²) in [7, 11) is 0. The predicted molar refractivity (Wildman–Crippen MR) is 108 cm³/mol. The number of hydrogen-bond acceptors (Lipinski definition) is 6. The number of aliphatic carboxylic acids is 1. The van der Waals surface area contributed by atoms with Crippen molar-refractivity contribution in [1.82, 2.24) is 9.13 Å². The van der Waals surface area contributed by atoms with E-state index < -0.39 is 54.6 Å². The SMILES string of the molecule is C=P(C)(C)CC[C@H]1O[C@@H](n2ccc(=O)n(CCC(C)C(=O)O)c2=O)[C@H](O)[C@@H]1O. The normalized spacial score (nSPS) is 26.3. The van der Waals surface area contributed by atoms with Crippen LogP contribution in [0.1, 0.15) is 26.0 Å². The van der Waals surface area contributed by atoms with E-state index in [4.69, 9.17) is 9.84 Å². The van der Waals surface area contributed by atoms with Crippen LogP contribution in [0, 0.1) is 5.92 Å². The van der Waals surface area contributed by atoms with E-state index >= 15 is 0 Å². The number of rotatable bonds is 8. The Balaban J connectivity index is 2.24. The summed E-state index contributed by atoms with van der Waals surface area (Å²) >= 11 is 0. The number of carbonyl (C=O) groups is 1. The molecule has 3 N–H and O–H groups in total. The van der Waals surface area contributed by atoms with Crippen molar-refractivity contribution in [2.45, 2.75) is 50.8 Å². The largest absolute Gasteiger partial charge is 0.481 e. The van der Waals surface area contributed by atoms with Gasteiger partial charge >= 0.3 is 11.7 Å². The molecule has 0 radical (unpaired) electrons. The highest BCUT2D eigenvalue weighted by atomic mass is 31.2. The van der Waals surface area contributed by atoms with Crippen LogP contribution in [0.4, 0.5) is 0 Å². The van der Waals surface area contributed by atoms with E-state index in [2.05, 4.69) is 19.6 Å². The van der Waals surface area contributed by atoms with Crippen LogP contribution in [0.25, 0.3) is 0 Å². The molecule has 9 nitrogen and oxygen atoms in total. The molecule has 2 rings (SSSR count). The number of ether oxygens (including phenoxy) is 1. The second kappa shape index (κ2) is 8.78. The van der Waals surface area contributed by atoms with Gasteiger partial charge in [-0.05, 0) is 32.3 Å². The molecule has 0 aromatic carbocycles. The zero-order chi connectivity index (χ0) is 21.2. The van der Waals surface area contributed by atoms with E-state index in [1.165, 1.54) is 13.1 Å². The fourth-order valence-corrected chi connectivity index (χ4v) is 4.00. The summed E-state index contributed by atoms with van der Waals surface area (Å²) in [4.78, 5) is 35.8. The van der Waals surface area contributed by atoms with E-state index in [0.717, 1.165) is 21.4 Å². The van der Waals surface area contributed by atoms with Gasteiger partial charge < -0.3 is 20.1 Å². The van der Waals surface area contributed by atoms with Gasteiger partial charge in [-0.3, -0.25) is 18.7 Å². The summed E-state index contributed by atoms with van der Waals surface area (Å²) in [6.07, 6.45) is 2.47. The Morgan fingerprint density at radius 2 is 1.96 bits per heavy atom. The molecular weight excluding hydrogens is 387 g/mol. The highest BCUT2D eigenvalue weighted by Gasteiger charge is 2.44. The van der Waals surface area contributed by atoms with Gasteiger partial charge in [-0.15, -0.1) is 13.2 Å². The van der Waals surface area contributed by atoms with Crippen LogP contribution in [0.5, 0.6) is 0 Å². The minimum atomic E-state index is -1.34. The van der Waals surface area contributed by atoms with Crippen molar-refractivity contribution in [1.29, 1.82) is 0 Å². The lowest BCUT2D eigenvalue weighted by Crippen LogP contribution is -2.43. The number of carboxylic acid groups (broad SMARTS) is 1. The maximum Gasteiger partial charge on any atom is 0.333 e. The molecule has 158 valence electrons. The Kier molecular flexibility index (Phi) is 7.09. The van der Waals surface area contributed by atoms with Crippen LogP contribution < -0.4 is 11.2 Å². The van der Waals surface area contributed by atoms with E-state index in [1.54, 1.807) is 0 Å². The van der Waals surface area contributed by atoms with Crippen LogP contribution in [-0.4, -0.2) is 74.5 Å². The monoisotopic (exact) mass is 416 g/mol. The van der Waals surface area contributed by atoms with Crippen LogP contribution >= 0.6 is 6.89 Å². The average Bonchev–Trinajstić information content (AvgIpc) is 2.87. The summed E-state index contributed by atoms with van der Waals surface area (Å²) in [6.45, 7) is 4.20. The van der Waals surface area contributed by atoms with Gasteiger partial charge in [-0.2, -0.15) is 0 Å². The van der Waals surface area contributed by atoms with E-state index in [9.17, 15) is 24.6 Å². The van der Waals surface area contributed by atoms with Gasteiger partial charge in [0.15, 0.2) is 6.23 Å². The molecule has 1 saturated heterocycles. The van der Waals surface area contributed by atoms with Crippen molar-refractivity contribution in [3.63, 3.8) is 0 Å². The number of carboxylic acids is 1. The summed E-state index contributed by atoms with van der Waals surface area (Å²) in [5, 5.41) is 29.7. The van der Waals surface area contributed by atoms with Gasteiger partial charge in [0, 0.05) is 18.8 Å². The van der Waals surface area contributed by atoms with Crippen molar-refractivity contribution < 1.29 is 24.9 Å². The molecule has 1 fully saturated rings. The van der Waals surface area contributed by atoms with E-state index in [1.807, 2.05) is 0 Å². The molecule has 1 aromatic heterocycles. The molecule has 1 aliphatic heterocycles. The molecule has 1 aromatic rings. The Bertz CT molecular complexity index is 871. The van der Waals surface area contributed by atoms with Crippen molar-refractivity contribution in [2.24, 2.45) is 5.92 Å². The second-order valence-corrected chi connectivity index (χ2v) is 12.3. The van der Waals surface area contributed by atoms with Gasteiger partial charge in [0.05, 0.1) is 12.0 Å². The van der Waals surface area contributed by atoms with Gasteiger partial charge in [0.2, 0.25) is 0 Å². The van der Waals surface area contributed by atoms with Crippen LogP contribution in [0.3, 0.4) is 0 Å². The topological polar surface area (TPSA) is 131 Å². The van der Waals surface area contributed by atoms with E-state index in [-0.39, 0.29) is 13.0 Å². The number of hydrogen-bond donors (Lipinski definition) is 3. The van der Waals surface area contributed by atoms with Gasteiger partial charge in [-0.1, -0.05) is 6.92 Å². The van der Waals surface area contributed by atoms with Gasteiger partial charge in [0.25, 0.3) is 5.56 Å². The first-order chi connectivity index (χ1) is 12.9. The Hall–Kier alpha value is -1.67. The molecule has 2 heterocycles. The van der Waals surface area contributed by atoms with E-state index in [0.29, 0.717) is 6.42 Å². The third-order valence-corrected chi connectivity index (χ3v) is 6.40. The molecule has 0 spiro atoms. The van der Waals surface area contributed by atoms with Crippen molar-refractivity contribution in [2.75, 3.05) is 19.5 Å². The maximum atomic E-state index is 12.7. The lowest BCUT2D eigenvalue weighted by molar-refractivity contribution is -0.141. The lowest BCUT2D eigenvalue weighted by atomic mass is 10.1. The maximum absolute atomic E-state index is 12.7. The molecular formula is C18H29N2O7P. The molecule has 0 bridgehead atoms. The minimum absolute atomic E-state index is 0.0685. The molecule has 0 saturated carbocycles. The first-order valence-corrected chi connectivity index (χ1v) is 12.2. The van der Waals surface area contributed by atoms with Crippen LogP contribution in [0.2, 0.25) is 0 Å². The molecule has 5 atom stereocenters. The minimum Gasteiger partial charge on any atom is -0.481 e. The molecule has 28 heavy (non-hydrogen) atoms. The number of aliphatic hydroxyl groups is 2. The number of aromatic nitrogens is 2. The first-order valence-electron chi connectivity index (χ1n) is 9.16. The first kappa shape index (κ1) is 22.6. The van der Waals surface area contributed by atoms with Crippen LogP contribution in [-0.2, 0) is 16.1 Å². The Labute approximate surface area is 163 Å². The quantitative estimate of drug-likeness (QED) is 0.502. The molecule has 0 aliphatic carbocycles. The standard InChI is InChI=1S/C18H29N2O7P/c1-11(17(24)25)5-8-19-13(21)6-9-20(18(19)26)16-15(23)14(22)12(27-16)7-10-28(2,3)4/h6,9,11-12,14-16,22-23H,2,5,7-8,10H2,1,3-4H3,(H,24,25)/t11?,12-,14-,15-,16-/m1/s1. The van der Waals surface area contributed by atoms with Crippen LogP contribution in [0.15, 0.2) is 21.9 Å². The Morgan fingerprint density at radius 1 is 1.32 bits per heavy atom. The highest BCUT2D eigenvalue weighted by Crippen LogP contribution is 2.39. The highest BCUT2D eigenvalue weighted by molar-refractivity contribution is 7.72. The molecule has 1 unspecified atom stereocenters. The number of aliphatic hydroxyl groups excluding tert-OH is 2. The summed E-state index contributed by atoms with van der Waals surface area (Å²) in [5.41, 5.74) is -1.28. The zero-order valence-corrected chi connectivity index (χ0v) is 17.3. The predicted octanol–water partition coefficient (Wildman–Crippen LogP) is -0.161. The third-order valence-electron chi connectivity index (χ3n) is 4.93. The molecule has 0 amide bonds. The lowest BCUT2D eigenvalue weighted by Gasteiger charge is -2.19. The summed E-state index contributed by atoms with van der Waals surface area (Å²) < 4.78 is 7.74. The number of nitrogens with zero attached hydrogens (tertiary/aromatic N) is 2. The fourth-order valence-electron chi connectivity index (χ4n) is 3.05. The van der Waals surface area contributed by atoms with Gasteiger partial charge in [-0.25, -0.2) is 4.79 Å². The third kappa shape index (κ3) is 5.23. The van der Waals surface area contributed by atoms with Crippen molar-refractivity contribution >= 4 is 19.2 Å². The summed E-state index contributed by atoms with van der Waals surface area (Å²) in [6, 6.07) is 1.16. The Morgan fingerprint density at radius 3 is 2.54 bits per heavy atom. The second-order valence-electron chi connectivity index (χ2n) is 8.02. The van der Waals surface area contributed by atoms with Gasteiger partial charge in [0.1, 0.15) is 12.2 Å². The van der Waals surface area contributed by atoms with Crippen molar-refractivity contribution in [3.05, 3.63) is 33.1 Å².